The quantitative estimate of drug-likeness (QED) is 0.309. The molecule has 0 aliphatic heterocycles. The maximum absolute atomic E-state index is 12.3. The number of hydrogen-bond donors (Lipinski definition) is 5. The fraction of sp³-hybridized carbons (Fsp3) is 0.750. The predicted octanol–water partition coefficient (Wildman–Crippen LogP) is -1.58. The van der Waals surface area contributed by atoms with Crippen molar-refractivity contribution in [1.29, 1.82) is 0 Å². The molecule has 156 valence electrons. The molecule has 0 heterocycles. The molecular weight excluding hydrogens is 362 g/mol. The standard InChI is InChI=1S/C16H29N3O8/c1-8(20)11(13(23)19-12(9(2)21)14(24)26-6)18-10(22)7-17-15(25)27-16(3,4)5/h8-9,11-12,20-21H,7H2,1-6H3,(H,17,25)(H,18,22)(H,19,23). The third kappa shape index (κ3) is 9.75. The summed E-state index contributed by atoms with van der Waals surface area (Å²) < 4.78 is 9.44. The Hall–Kier alpha value is -2.40. The molecule has 11 nitrogen and oxygen atoms in total. The number of alkyl carbamates (subject to hydrolysis) is 1. The molecule has 0 aromatic heterocycles. The van der Waals surface area contributed by atoms with Crippen LogP contribution in [-0.4, -0.2) is 77.6 Å². The van der Waals surface area contributed by atoms with E-state index in [0.29, 0.717) is 0 Å². The summed E-state index contributed by atoms with van der Waals surface area (Å²) >= 11 is 0. The molecule has 0 aromatic rings. The summed E-state index contributed by atoms with van der Waals surface area (Å²) in [7, 11) is 1.08. The molecule has 0 rings (SSSR count). The van der Waals surface area contributed by atoms with Crippen LogP contribution in [0.2, 0.25) is 0 Å². The third-order valence-corrected chi connectivity index (χ3v) is 3.11. The Morgan fingerprint density at radius 3 is 1.89 bits per heavy atom. The van der Waals surface area contributed by atoms with Crippen LogP contribution in [0, 0.1) is 0 Å². The van der Waals surface area contributed by atoms with Crippen LogP contribution in [0.3, 0.4) is 0 Å². The molecule has 5 N–H and O–H groups in total. The highest BCUT2D eigenvalue weighted by atomic mass is 16.6. The first-order chi connectivity index (χ1) is 12.3. The van der Waals surface area contributed by atoms with E-state index in [0.717, 1.165) is 7.11 Å². The van der Waals surface area contributed by atoms with Crippen molar-refractivity contribution in [3.63, 3.8) is 0 Å². The van der Waals surface area contributed by atoms with E-state index in [1.807, 2.05) is 0 Å². The average molecular weight is 391 g/mol. The largest absolute Gasteiger partial charge is 0.467 e. The Balaban J connectivity index is 4.83. The predicted molar refractivity (Wildman–Crippen MR) is 93.5 cm³/mol. The summed E-state index contributed by atoms with van der Waals surface area (Å²) in [5, 5.41) is 26.0. The van der Waals surface area contributed by atoms with Gasteiger partial charge in [0.25, 0.3) is 0 Å². The highest BCUT2D eigenvalue weighted by Crippen LogP contribution is 2.06. The van der Waals surface area contributed by atoms with Gasteiger partial charge in [-0.1, -0.05) is 0 Å². The maximum Gasteiger partial charge on any atom is 0.408 e. The van der Waals surface area contributed by atoms with Gasteiger partial charge in [-0.05, 0) is 34.6 Å². The smallest absolute Gasteiger partial charge is 0.408 e. The van der Waals surface area contributed by atoms with Crippen LogP contribution in [0.25, 0.3) is 0 Å². The summed E-state index contributed by atoms with van der Waals surface area (Å²) in [6.07, 6.45) is -3.40. The lowest BCUT2D eigenvalue weighted by Gasteiger charge is -2.25. The molecule has 4 unspecified atom stereocenters. The Morgan fingerprint density at radius 1 is 0.963 bits per heavy atom. The van der Waals surface area contributed by atoms with Gasteiger partial charge in [-0.25, -0.2) is 9.59 Å². The van der Waals surface area contributed by atoms with Gasteiger partial charge in [-0.3, -0.25) is 9.59 Å². The molecule has 4 atom stereocenters. The van der Waals surface area contributed by atoms with Crippen molar-refractivity contribution < 1.29 is 38.9 Å². The molecule has 0 saturated heterocycles. The molecule has 0 bridgehead atoms. The summed E-state index contributed by atoms with van der Waals surface area (Å²) in [6, 6.07) is -2.80. The van der Waals surface area contributed by atoms with Crippen molar-refractivity contribution in [2.24, 2.45) is 0 Å². The van der Waals surface area contributed by atoms with Gasteiger partial charge in [0.05, 0.1) is 19.3 Å². The minimum absolute atomic E-state index is 0.498. The first kappa shape index (κ1) is 24.6. The lowest BCUT2D eigenvalue weighted by molar-refractivity contribution is -0.148. The van der Waals surface area contributed by atoms with Gasteiger partial charge in [-0.2, -0.15) is 0 Å². The highest BCUT2D eigenvalue weighted by molar-refractivity contribution is 5.92. The second kappa shape index (κ2) is 10.7. The monoisotopic (exact) mass is 391 g/mol. The minimum Gasteiger partial charge on any atom is -0.467 e. The van der Waals surface area contributed by atoms with Crippen LogP contribution in [0.5, 0.6) is 0 Å². The molecule has 0 spiro atoms. The van der Waals surface area contributed by atoms with Crippen LogP contribution in [0.4, 0.5) is 4.79 Å². The molecule has 0 radical (unpaired) electrons. The van der Waals surface area contributed by atoms with Crippen molar-refractivity contribution in [2.45, 2.75) is 64.5 Å². The molecule has 0 fully saturated rings. The van der Waals surface area contributed by atoms with Crippen molar-refractivity contribution in [3.05, 3.63) is 0 Å². The number of carbonyl (C=O) groups is 4. The van der Waals surface area contributed by atoms with E-state index in [9.17, 15) is 29.4 Å². The number of aliphatic hydroxyl groups is 2. The van der Waals surface area contributed by atoms with Crippen LogP contribution >= 0.6 is 0 Å². The topological polar surface area (TPSA) is 163 Å². The first-order valence-electron chi connectivity index (χ1n) is 8.29. The van der Waals surface area contributed by atoms with Gasteiger partial charge in [0.2, 0.25) is 11.8 Å². The van der Waals surface area contributed by atoms with Crippen LogP contribution in [-0.2, 0) is 23.9 Å². The minimum atomic E-state index is -1.43. The molecule has 0 aliphatic carbocycles. The molecule has 0 aliphatic rings. The summed E-state index contributed by atoms with van der Waals surface area (Å²) in [4.78, 5) is 47.3. The number of nitrogens with one attached hydrogen (secondary N) is 3. The van der Waals surface area contributed by atoms with E-state index in [1.54, 1.807) is 20.8 Å². The molecule has 0 aromatic carbocycles. The van der Waals surface area contributed by atoms with Crippen LogP contribution in [0.1, 0.15) is 34.6 Å². The number of hydrogen-bond acceptors (Lipinski definition) is 8. The maximum atomic E-state index is 12.3. The molecule has 11 heteroatoms. The van der Waals surface area contributed by atoms with Gasteiger partial charge >= 0.3 is 12.1 Å². The van der Waals surface area contributed by atoms with Gasteiger partial charge < -0.3 is 35.6 Å². The van der Waals surface area contributed by atoms with E-state index in [-0.39, 0.29) is 0 Å². The fourth-order valence-electron chi connectivity index (χ4n) is 1.84. The zero-order chi connectivity index (χ0) is 21.4. The Morgan fingerprint density at radius 2 is 1.48 bits per heavy atom. The zero-order valence-electron chi connectivity index (χ0n) is 16.4. The lowest BCUT2D eigenvalue weighted by Crippen LogP contribution is -2.59. The van der Waals surface area contributed by atoms with Gasteiger partial charge in [-0.15, -0.1) is 0 Å². The summed E-state index contributed by atoms with van der Waals surface area (Å²) in [5.74, 6) is -2.57. The molecule has 27 heavy (non-hydrogen) atoms. The normalized spacial score (nSPS) is 15.6. The SMILES string of the molecule is COC(=O)C(NC(=O)C(NC(=O)CNC(=O)OC(C)(C)C)C(C)O)C(C)O. The number of methoxy groups -OCH3 is 1. The fourth-order valence-corrected chi connectivity index (χ4v) is 1.84. The lowest BCUT2D eigenvalue weighted by atomic mass is 10.1. The number of carbonyl (C=O) groups excluding carboxylic acids is 4. The number of ether oxygens (including phenoxy) is 2. The number of esters is 1. The number of amides is 3. The van der Waals surface area contributed by atoms with Gasteiger partial charge in [0.1, 0.15) is 18.2 Å². The van der Waals surface area contributed by atoms with Gasteiger partial charge in [0.15, 0.2) is 6.04 Å². The Bertz CT molecular complexity index is 542. The summed E-state index contributed by atoms with van der Waals surface area (Å²) in [6.45, 7) is 6.98. The number of rotatable bonds is 8. The van der Waals surface area contributed by atoms with Crippen molar-refractivity contribution in [2.75, 3.05) is 13.7 Å². The van der Waals surface area contributed by atoms with E-state index in [1.165, 1.54) is 13.8 Å². The second-order valence-electron chi connectivity index (χ2n) is 6.89. The first-order valence-corrected chi connectivity index (χ1v) is 8.29. The molecule has 3 amide bonds. The second-order valence-corrected chi connectivity index (χ2v) is 6.89. The van der Waals surface area contributed by atoms with E-state index >= 15 is 0 Å². The molecular formula is C16H29N3O8. The van der Waals surface area contributed by atoms with Gasteiger partial charge in [0, 0.05) is 0 Å². The van der Waals surface area contributed by atoms with E-state index in [2.05, 4.69) is 20.7 Å². The highest BCUT2D eigenvalue weighted by Gasteiger charge is 2.32. The van der Waals surface area contributed by atoms with Crippen LogP contribution < -0.4 is 16.0 Å². The van der Waals surface area contributed by atoms with E-state index < -0.39 is 60.3 Å². The average Bonchev–Trinajstić information content (AvgIpc) is 2.52. The van der Waals surface area contributed by atoms with Crippen LogP contribution in [0.15, 0.2) is 0 Å². The van der Waals surface area contributed by atoms with Crippen molar-refractivity contribution in [1.82, 2.24) is 16.0 Å². The number of aliphatic hydroxyl groups excluding tert-OH is 2. The van der Waals surface area contributed by atoms with Crippen molar-refractivity contribution in [3.8, 4) is 0 Å². The van der Waals surface area contributed by atoms with E-state index in [4.69, 9.17) is 4.74 Å². The molecule has 0 saturated carbocycles. The zero-order valence-corrected chi connectivity index (χ0v) is 16.4. The Kier molecular flexibility index (Phi) is 9.73. The van der Waals surface area contributed by atoms with Crippen molar-refractivity contribution >= 4 is 23.9 Å². The summed E-state index contributed by atoms with van der Waals surface area (Å²) in [5.41, 5.74) is -0.744. The Labute approximate surface area is 157 Å². The third-order valence-electron chi connectivity index (χ3n) is 3.11.